The second kappa shape index (κ2) is 14.2. The molecule has 0 bridgehead atoms. The topological polar surface area (TPSA) is 55.4 Å². The van der Waals surface area contributed by atoms with Crippen LogP contribution in [0.3, 0.4) is 0 Å². The first-order valence-electron chi connectivity index (χ1n) is 15.7. The van der Waals surface area contributed by atoms with E-state index in [-0.39, 0.29) is 0 Å². The molecule has 244 valence electrons. The van der Waals surface area contributed by atoms with Crippen molar-refractivity contribution in [2.45, 2.75) is 37.8 Å². The van der Waals surface area contributed by atoms with Crippen molar-refractivity contribution < 1.29 is 24.7 Å². The molecule has 2 saturated heterocycles. The van der Waals surface area contributed by atoms with E-state index in [2.05, 4.69) is 78.7 Å². The van der Waals surface area contributed by atoms with Crippen molar-refractivity contribution >= 4 is 66.9 Å². The van der Waals surface area contributed by atoms with Gasteiger partial charge in [0.05, 0.1) is 0 Å². The van der Waals surface area contributed by atoms with Gasteiger partial charge in [-0.05, 0) is 47.3 Å². The molecule has 0 aromatic heterocycles. The van der Waals surface area contributed by atoms with E-state index in [1.807, 2.05) is 86.4 Å². The Bertz CT molecular complexity index is 1740. The summed E-state index contributed by atoms with van der Waals surface area (Å²) in [5.41, 5.74) is 9.52. The minimum absolute atomic E-state index is 0.499. The summed E-state index contributed by atoms with van der Waals surface area (Å²) >= 11 is 0. The molecule has 4 atom stereocenters. The molecule has 3 aromatic carbocycles. The van der Waals surface area contributed by atoms with Crippen LogP contribution in [0.15, 0.2) is 123 Å². The van der Waals surface area contributed by atoms with Gasteiger partial charge in [0.25, 0.3) is 0 Å². The van der Waals surface area contributed by atoms with E-state index >= 15 is 0 Å². The number of hydrogen-bond acceptors (Lipinski definition) is 6. The van der Waals surface area contributed by atoms with Crippen LogP contribution in [0.25, 0.3) is 0 Å². The number of terminal acetylenes is 2. The molecule has 2 heterocycles. The molecule has 12 heteroatoms. The van der Waals surface area contributed by atoms with Crippen LogP contribution < -0.4 is 15.6 Å². The van der Waals surface area contributed by atoms with Gasteiger partial charge in [-0.2, -0.15) is 0 Å². The van der Waals surface area contributed by atoms with Gasteiger partial charge in [0.15, 0.2) is 0 Å². The summed E-state index contributed by atoms with van der Waals surface area (Å²) in [5.74, 6) is 3.33. The Morgan fingerprint density at radius 3 is 1.35 bits per heavy atom. The van der Waals surface area contributed by atoms with Gasteiger partial charge in [-0.25, -0.2) is 0 Å². The van der Waals surface area contributed by atoms with Crippen LogP contribution >= 0.6 is 0 Å². The highest BCUT2D eigenvalue weighted by Crippen LogP contribution is 2.37. The molecular weight excluding hydrogens is 697 g/mol. The van der Waals surface area contributed by atoms with Gasteiger partial charge in [0.2, 0.25) is 0 Å². The van der Waals surface area contributed by atoms with Gasteiger partial charge in [-0.1, -0.05) is 114 Å². The summed E-state index contributed by atoms with van der Waals surface area (Å²) in [6.45, 7) is 17.9. The number of benzene rings is 3. The fourth-order valence-corrected chi connectivity index (χ4v) is 35.2. The molecule has 2 aliphatic rings. The molecule has 48 heavy (non-hydrogen) atoms. The minimum atomic E-state index is -3.34. The van der Waals surface area contributed by atoms with Gasteiger partial charge >= 0.3 is 51.4 Å². The summed E-state index contributed by atoms with van der Waals surface area (Å²) in [4.78, 5) is 0. The predicted molar refractivity (Wildman–Crippen MR) is 206 cm³/mol. The molecule has 0 spiro atoms. The van der Waals surface area contributed by atoms with Crippen molar-refractivity contribution in [3.8, 4) is 35.4 Å². The molecule has 2 aliphatic heterocycles. The highest BCUT2D eigenvalue weighted by molar-refractivity contribution is 7.06. The first kappa shape index (κ1) is 35.9. The Kier molecular flexibility index (Phi) is 10.6. The smallest absolute Gasteiger partial charge is 0.404 e. The van der Waals surface area contributed by atoms with Crippen molar-refractivity contribution in [2.24, 2.45) is 0 Å². The predicted octanol–water partition coefficient (Wildman–Crippen LogP) is 5.17. The molecule has 0 saturated carbocycles. The highest BCUT2D eigenvalue weighted by atomic mass is 28.5. The molecule has 6 nitrogen and oxygen atoms in total. The molecule has 3 aromatic rings. The van der Waals surface area contributed by atoms with E-state index in [1.165, 1.54) is 0 Å². The maximum Gasteiger partial charge on any atom is 0.404 e. The molecule has 4 unspecified atom stereocenters. The quantitative estimate of drug-likeness (QED) is 0.172. The van der Waals surface area contributed by atoms with Gasteiger partial charge in [0.1, 0.15) is 0 Å². The largest absolute Gasteiger partial charge is 0.408 e. The van der Waals surface area contributed by atoms with Crippen molar-refractivity contribution in [1.29, 1.82) is 0 Å². The normalized spacial score (nSPS) is 32.8. The third-order valence-corrected chi connectivity index (χ3v) is 33.1. The number of rotatable bonds is 9. The van der Waals surface area contributed by atoms with E-state index in [1.54, 1.807) is 0 Å². The maximum atomic E-state index is 7.44. The van der Waals surface area contributed by atoms with E-state index < -0.39 is 51.4 Å². The first-order chi connectivity index (χ1) is 22.9. The lowest BCUT2D eigenvalue weighted by Crippen LogP contribution is -2.79. The molecule has 0 radical (unpaired) electrons. The van der Waals surface area contributed by atoms with Crippen LogP contribution in [0.5, 0.6) is 0 Å². The standard InChI is InChI=1S/C36H40O6Si6/c1-9-28-46(34-22-16-14-17-23-34)40-47(29-10-2,35-24-18-15-19-25-35)42-48(41-46,30-11-3)36-26-20-21-33(32-36)27-31-45(8)38-43(6,12-4)37-44(7,13-5)39-45/h4-5,9-11,14-26,32H,1-3,28-30H2,6-8H3. The number of hydrogen-bond donors (Lipinski definition) is 0. The fourth-order valence-electron chi connectivity index (χ4n) is 6.14. The Balaban J connectivity index is 1.68. The third-order valence-electron chi connectivity index (χ3n) is 8.08. The van der Waals surface area contributed by atoms with Crippen LogP contribution in [0.2, 0.25) is 37.8 Å². The Morgan fingerprint density at radius 2 is 0.938 bits per heavy atom. The van der Waals surface area contributed by atoms with Crippen LogP contribution in [0.4, 0.5) is 0 Å². The Labute approximate surface area is 291 Å². The molecule has 0 N–H and O–H groups in total. The van der Waals surface area contributed by atoms with E-state index in [0.29, 0.717) is 18.1 Å². The average Bonchev–Trinajstić information content (AvgIpc) is 3.08. The Hall–Kier alpha value is -3.38. The summed E-state index contributed by atoms with van der Waals surface area (Å²) < 4.78 is 41.0. The van der Waals surface area contributed by atoms with Crippen LogP contribution in [-0.2, 0) is 24.7 Å². The molecule has 0 amide bonds. The highest BCUT2D eigenvalue weighted by Gasteiger charge is 2.64. The molecule has 0 aliphatic carbocycles. The zero-order valence-electron chi connectivity index (χ0n) is 27.7. The third kappa shape index (κ3) is 7.29. The second-order valence-electron chi connectivity index (χ2n) is 12.0. The van der Waals surface area contributed by atoms with Gasteiger partial charge in [-0.15, -0.1) is 32.6 Å². The van der Waals surface area contributed by atoms with E-state index in [9.17, 15) is 0 Å². The monoisotopic (exact) mass is 736 g/mol. The van der Waals surface area contributed by atoms with Crippen LogP contribution in [0.1, 0.15) is 5.56 Å². The maximum absolute atomic E-state index is 7.44. The summed E-state index contributed by atoms with van der Waals surface area (Å²) in [6, 6.07) is 30.1. The minimum Gasteiger partial charge on any atom is -0.408 e. The zero-order chi connectivity index (χ0) is 34.5. The Morgan fingerprint density at radius 1 is 0.542 bits per heavy atom. The van der Waals surface area contributed by atoms with E-state index in [0.717, 1.165) is 21.1 Å². The molecule has 2 fully saturated rings. The van der Waals surface area contributed by atoms with Gasteiger partial charge < -0.3 is 24.7 Å². The van der Waals surface area contributed by atoms with Crippen molar-refractivity contribution in [2.75, 3.05) is 0 Å². The van der Waals surface area contributed by atoms with Crippen molar-refractivity contribution in [1.82, 2.24) is 0 Å². The average molecular weight is 737 g/mol. The lowest BCUT2D eigenvalue weighted by Gasteiger charge is -2.53. The summed E-state index contributed by atoms with van der Waals surface area (Å²) in [6.07, 6.45) is 17.4. The molecular formula is C36H40O6Si6. The van der Waals surface area contributed by atoms with Gasteiger partial charge in [0, 0.05) is 23.7 Å². The van der Waals surface area contributed by atoms with Crippen LogP contribution in [0, 0.1) is 35.4 Å². The lowest BCUT2D eigenvalue weighted by molar-refractivity contribution is 0.244. The number of allylic oxidation sites excluding steroid dienone is 3. The molecule has 5 rings (SSSR count). The van der Waals surface area contributed by atoms with Crippen LogP contribution in [-0.4, -0.2) is 51.4 Å². The second-order valence-corrected chi connectivity index (χ2v) is 30.9. The summed E-state index contributed by atoms with van der Waals surface area (Å²) in [5, 5.41) is 2.98. The lowest BCUT2D eigenvalue weighted by atomic mass is 10.2. The SMILES string of the molecule is C#C[Si]1(C)O[Si](C)(C#C)O[Si](C)(C#Cc2cccc([Si]3(CC=C)O[Si](CC=C)(c4ccccc4)O[Si](CC=C)(c4ccccc4)O3)c2)O1. The fraction of sp³-hybridized carbons (Fsp3) is 0.167. The van der Waals surface area contributed by atoms with E-state index in [4.69, 9.17) is 37.5 Å². The zero-order valence-corrected chi connectivity index (χ0v) is 33.7. The first-order valence-corrected chi connectivity index (χ1v) is 28.7. The van der Waals surface area contributed by atoms with Gasteiger partial charge in [-0.3, -0.25) is 0 Å². The van der Waals surface area contributed by atoms with Crippen molar-refractivity contribution in [3.63, 3.8) is 0 Å². The summed E-state index contributed by atoms with van der Waals surface area (Å²) in [7, 11) is -18.9. The van der Waals surface area contributed by atoms with Crippen molar-refractivity contribution in [3.05, 3.63) is 128 Å².